The SMILES string of the molecule is COC(=O)C(=O)NCC(F)(F)C(F)F. The molecule has 0 aromatic heterocycles. The fourth-order valence-electron chi connectivity index (χ4n) is 0.440. The first-order valence-electron chi connectivity index (χ1n) is 3.33. The van der Waals surface area contributed by atoms with Gasteiger partial charge in [-0.15, -0.1) is 0 Å². The first-order valence-corrected chi connectivity index (χ1v) is 3.33. The van der Waals surface area contributed by atoms with E-state index in [-0.39, 0.29) is 0 Å². The van der Waals surface area contributed by atoms with Gasteiger partial charge < -0.3 is 10.1 Å². The summed E-state index contributed by atoms with van der Waals surface area (Å²) in [6, 6.07) is 0. The molecule has 0 aliphatic carbocycles. The van der Waals surface area contributed by atoms with E-state index < -0.39 is 30.8 Å². The predicted molar refractivity (Wildman–Crippen MR) is 36.0 cm³/mol. The number of esters is 1. The summed E-state index contributed by atoms with van der Waals surface area (Å²) >= 11 is 0. The second-order valence-electron chi connectivity index (χ2n) is 2.24. The van der Waals surface area contributed by atoms with Crippen LogP contribution in [-0.4, -0.2) is 37.9 Å². The highest BCUT2D eigenvalue weighted by molar-refractivity contribution is 6.32. The first kappa shape index (κ1) is 12.7. The van der Waals surface area contributed by atoms with Gasteiger partial charge >= 0.3 is 24.2 Å². The molecule has 0 aromatic rings. The van der Waals surface area contributed by atoms with Gasteiger partial charge in [-0.05, 0) is 0 Å². The van der Waals surface area contributed by atoms with Crippen molar-refractivity contribution in [2.24, 2.45) is 0 Å². The molecule has 0 aliphatic rings. The van der Waals surface area contributed by atoms with Crippen LogP contribution in [-0.2, 0) is 14.3 Å². The highest BCUT2D eigenvalue weighted by atomic mass is 19.3. The molecule has 0 fully saturated rings. The van der Waals surface area contributed by atoms with Gasteiger partial charge in [-0.1, -0.05) is 0 Å². The Hall–Kier alpha value is -1.34. The summed E-state index contributed by atoms with van der Waals surface area (Å²) in [6.07, 6.45) is -3.90. The van der Waals surface area contributed by atoms with Gasteiger partial charge in [0.2, 0.25) is 0 Å². The molecule has 0 aliphatic heterocycles. The van der Waals surface area contributed by atoms with Gasteiger partial charge in [0, 0.05) is 0 Å². The lowest BCUT2D eigenvalue weighted by Crippen LogP contribution is -2.43. The third kappa shape index (κ3) is 3.58. The standard InChI is InChI=1S/C6H7F4NO3/c1-14-4(13)3(12)11-2-6(9,10)5(7)8/h5H,2H2,1H3,(H,11,12). The van der Waals surface area contributed by atoms with Crippen molar-refractivity contribution in [3.8, 4) is 0 Å². The van der Waals surface area contributed by atoms with Gasteiger partial charge in [0.15, 0.2) is 0 Å². The minimum absolute atomic E-state index is 0.854. The molecule has 0 radical (unpaired) electrons. The molecule has 0 saturated heterocycles. The molecule has 14 heavy (non-hydrogen) atoms. The summed E-state index contributed by atoms with van der Waals surface area (Å²) in [5.74, 6) is -7.27. The number of hydrogen-bond donors (Lipinski definition) is 1. The molecule has 4 nitrogen and oxygen atoms in total. The predicted octanol–water partition coefficient (Wildman–Crippen LogP) is 0.176. The summed E-state index contributed by atoms with van der Waals surface area (Å²) in [6.45, 7) is -1.61. The molecule has 1 amide bonds. The molecule has 0 unspecified atom stereocenters. The number of halogens is 4. The number of nitrogens with one attached hydrogen (secondary N) is 1. The van der Waals surface area contributed by atoms with Crippen LogP contribution in [0.3, 0.4) is 0 Å². The van der Waals surface area contributed by atoms with Crippen molar-refractivity contribution in [1.29, 1.82) is 0 Å². The zero-order chi connectivity index (χ0) is 11.4. The monoisotopic (exact) mass is 217 g/mol. The average molecular weight is 217 g/mol. The topological polar surface area (TPSA) is 55.4 Å². The molecule has 8 heteroatoms. The van der Waals surface area contributed by atoms with Gasteiger partial charge in [0.1, 0.15) is 0 Å². The third-order valence-electron chi connectivity index (χ3n) is 1.17. The number of carbonyl (C=O) groups is 2. The molecule has 0 saturated carbocycles. The normalized spacial score (nSPS) is 11.3. The van der Waals surface area contributed by atoms with Crippen molar-refractivity contribution in [3.63, 3.8) is 0 Å². The maximum Gasteiger partial charge on any atom is 0.396 e. The smallest absolute Gasteiger partial charge is 0.396 e. The number of amides is 1. The average Bonchev–Trinajstić information content (AvgIpc) is 2.12. The fraction of sp³-hybridized carbons (Fsp3) is 0.667. The maximum absolute atomic E-state index is 12.2. The van der Waals surface area contributed by atoms with E-state index >= 15 is 0 Å². The van der Waals surface area contributed by atoms with E-state index in [4.69, 9.17) is 0 Å². The van der Waals surface area contributed by atoms with E-state index in [2.05, 4.69) is 4.74 Å². The van der Waals surface area contributed by atoms with Gasteiger partial charge in [-0.2, -0.15) is 8.78 Å². The quantitative estimate of drug-likeness (QED) is 0.416. The van der Waals surface area contributed by atoms with Crippen LogP contribution in [0.1, 0.15) is 0 Å². The van der Waals surface area contributed by atoms with Crippen LogP contribution in [0, 0.1) is 0 Å². The van der Waals surface area contributed by atoms with Crippen LogP contribution in [0.5, 0.6) is 0 Å². The molecule has 0 aromatic carbocycles. The minimum atomic E-state index is -4.36. The van der Waals surface area contributed by atoms with E-state index in [1.807, 2.05) is 0 Å². The van der Waals surface area contributed by atoms with E-state index in [9.17, 15) is 27.2 Å². The minimum Gasteiger partial charge on any atom is -0.462 e. The highest BCUT2D eigenvalue weighted by Crippen LogP contribution is 2.21. The molecular formula is C6H7F4NO3. The van der Waals surface area contributed by atoms with E-state index in [1.165, 1.54) is 5.32 Å². The van der Waals surface area contributed by atoms with E-state index in [0.717, 1.165) is 7.11 Å². The highest BCUT2D eigenvalue weighted by Gasteiger charge is 2.41. The van der Waals surface area contributed by atoms with E-state index in [0.29, 0.717) is 0 Å². The van der Waals surface area contributed by atoms with Crippen molar-refractivity contribution in [3.05, 3.63) is 0 Å². The maximum atomic E-state index is 12.2. The molecule has 0 heterocycles. The number of rotatable bonds is 3. The molecule has 0 spiro atoms. The molecule has 0 rings (SSSR count). The summed E-state index contributed by atoms with van der Waals surface area (Å²) < 4.78 is 51.2. The number of alkyl halides is 4. The molecular weight excluding hydrogens is 210 g/mol. The lowest BCUT2D eigenvalue weighted by atomic mass is 10.3. The van der Waals surface area contributed by atoms with Gasteiger partial charge in [-0.3, -0.25) is 4.79 Å². The summed E-state index contributed by atoms with van der Waals surface area (Å²) in [7, 11) is 0.854. The summed E-state index contributed by atoms with van der Waals surface area (Å²) in [5.41, 5.74) is 0. The molecule has 1 N–H and O–H groups in total. The van der Waals surface area contributed by atoms with Gasteiger partial charge in [0.25, 0.3) is 0 Å². The van der Waals surface area contributed by atoms with Crippen LogP contribution in [0.2, 0.25) is 0 Å². The van der Waals surface area contributed by atoms with Crippen LogP contribution < -0.4 is 5.32 Å². The Morgan fingerprint density at radius 3 is 2.29 bits per heavy atom. The second-order valence-corrected chi connectivity index (χ2v) is 2.24. The van der Waals surface area contributed by atoms with Crippen molar-refractivity contribution >= 4 is 11.9 Å². The third-order valence-corrected chi connectivity index (χ3v) is 1.17. The van der Waals surface area contributed by atoms with Crippen molar-refractivity contribution in [1.82, 2.24) is 5.32 Å². The van der Waals surface area contributed by atoms with Crippen LogP contribution >= 0.6 is 0 Å². The zero-order valence-corrected chi connectivity index (χ0v) is 7.02. The Kier molecular flexibility index (Phi) is 4.32. The Morgan fingerprint density at radius 2 is 1.93 bits per heavy atom. The first-order chi connectivity index (χ1) is 6.31. The molecule has 0 atom stereocenters. The molecule has 82 valence electrons. The summed E-state index contributed by atoms with van der Waals surface area (Å²) in [5, 5.41) is 1.31. The Balaban J connectivity index is 4.06. The van der Waals surface area contributed by atoms with Crippen LogP contribution in [0.4, 0.5) is 17.6 Å². The van der Waals surface area contributed by atoms with Crippen LogP contribution in [0.25, 0.3) is 0 Å². The lowest BCUT2D eigenvalue weighted by Gasteiger charge is -2.14. The van der Waals surface area contributed by atoms with Crippen molar-refractivity contribution < 1.29 is 31.9 Å². The Morgan fingerprint density at radius 1 is 1.43 bits per heavy atom. The van der Waals surface area contributed by atoms with Crippen LogP contribution in [0.15, 0.2) is 0 Å². The van der Waals surface area contributed by atoms with Gasteiger partial charge in [-0.25, -0.2) is 13.6 Å². The Bertz CT molecular complexity index is 231. The number of carbonyl (C=O) groups excluding carboxylic acids is 2. The fourth-order valence-corrected chi connectivity index (χ4v) is 0.440. The van der Waals surface area contributed by atoms with Crippen molar-refractivity contribution in [2.45, 2.75) is 12.3 Å². The van der Waals surface area contributed by atoms with Gasteiger partial charge in [0.05, 0.1) is 13.7 Å². The zero-order valence-electron chi connectivity index (χ0n) is 7.02. The number of ether oxygens (including phenoxy) is 1. The summed E-state index contributed by atoms with van der Waals surface area (Å²) in [4.78, 5) is 20.8. The number of hydrogen-bond acceptors (Lipinski definition) is 3. The molecule has 0 bridgehead atoms. The number of methoxy groups -OCH3 is 1. The van der Waals surface area contributed by atoms with Crippen molar-refractivity contribution in [2.75, 3.05) is 13.7 Å². The lowest BCUT2D eigenvalue weighted by molar-refractivity contribution is -0.155. The second kappa shape index (κ2) is 4.77. The van der Waals surface area contributed by atoms with E-state index in [1.54, 1.807) is 0 Å². The largest absolute Gasteiger partial charge is 0.462 e. The Labute approximate surface area is 76.2 Å².